The maximum absolute atomic E-state index is 13.0. The number of carbonyl (C=O) groups is 2. The molecule has 28 heavy (non-hydrogen) atoms. The Bertz CT molecular complexity index is 765. The highest BCUT2D eigenvalue weighted by molar-refractivity contribution is 5.96. The van der Waals surface area contributed by atoms with Crippen LogP contribution in [0.5, 0.6) is 0 Å². The minimum atomic E-state index is -0.00647. The molecule has 150 valence electrons. The Morgan fingerprint density at radius 1 is 1.07 bits per heavy atom. The average molecular weight is 402 g/mol. The van der Waals surface area contributed by atoms with Crippen molar-refractivity contribution in [3.05, 3.63) is 65.7 Å². The molecular weight excluding hydrogens is 374 g/mol. The minimum absolute atomic E-state index is 0. The van der Waals surface area contributed by atoms with E-state index in [1.54, 1.807) is 24.3 Å². The summed E-state index contributed by atoms with van der Waals surface area (Å²) in [5, 5.41) is 5.91. The van der Waals surface area contributed by atoms with Gasteiger partial charge in [-0.15, -0.1) is 12.4 Å². The Labute approximate surface area is 172 Å². The van der Waals surface area contributed by atoms with Crippen LogP contribution in [0, 0.1) is 0 Å². The first-order valence-electron chi connectivity index (χ1n) is 9.59. The van der Waals surface area contributed by atoms with Gasteiger partial charge in [-0.2, -0.15) is 0 Å². The summed E-state index contributed by atoms with van der Waals surface area (Å²) in [7, 11) is 1.87. The number of rotatable bonds is 7. The van der Waals surface area contributed by atoms with Crippen LogP contribution in [-0.4, -0.2) is 36.9 Å². The number of nitrogens with zero attached hydrogens (tertiary/aromatic N) is 1. The largest absolute Gasteiger partial charge is 0.332 e. The second kappa shape index (κ2) is 10.8. The van der Waals surface area contributed by atoms with Crippen LogP contribution in [0.1, 0.15) is 47.6 Å². The third kappa shape index (κ3) is 5.57. The van der Waals surface area contributed by atoms with Crippen molar-refractivity contribution in [2.45, 2.75) is 31.7 Å². The normalized spacial score (nSPS) is 15.8. The van der Waals surface area contributed by atoms with Crippen LogP contribution in [-0.2, 0) is 4.79 Å². The fourth-order valence-corrected chi connectivity index (χ4v) is 3.54. The maximum atomic E-state index is 13.0. The van der Waals surface area contributed by atoms with Crippen molar-refractivity contribution in [2.75, 3.05) is 25.5 Å². The number of nitrogens with one attached hydrogen (secondary N) is 2. The molecule has 2 aromatic carbocycles. The molecule has 2 aromatic rings. The zero-order chi connectivity index (χ0) is 19.1. The molecule has 1 aliphatic heterocycles. The van der Waals surface area contributed by atoms with Crippen molar-refractivity contribution >= 4 is 29.9 Å². The van der Waals surface area contributed by atoms with Gasteiger partial charge in [0.25, 0.3) is 5.91 Å². The van der Waals surface area contributed by atoms with Gasteiger partial charge in [-0.05, 0) is 62.7 Å². The van der Waals surface area contributed by atoms with Gasteiger partial charge >= 0.3 is 0 Å². The molecule has 0 radical (unpaired) electrons. The molecule has 1 unspecified atom stereocenters. The van der Waals surface area contributed by atoms with E-state index >= 15 is 0 Å². The first-order valence-corrected chi connectivity index (χ1v) is 9.59. The number of amides is 2. The number of likely N-dealkylation sites (tertiary alicyclic amines) is 1. The summed E-state index contributed by atoms with van der Waals surface area (Å²) in [5.41, 5.74) is 2.57. The van der Waals surface area contributed by atoms with Crippen LogP contribution >= 0.6 is 12.4 Å². The van der Waals surface area contributed by atoms with Gasteiger partial charge in [0.05, 0.1) is 6.04 Å². The summed E-state index contributed by atoms with van der Waals surface area (Å²) in [4.78, 5) is 26.8. The Kier molecular flexibility index (Phi) is 8.48. The van der Waals surface area contributed by atoms with Gasteiger partial charge in [-0.25, -0.2) is 0 Å². The zero-order valence-corrected chi connectivity index (χ0v) is 17.0. The van der Waals surface area contributed by atoms with E-state index in [4.69, 9.17) is 0 Å². The van der Waals surface area contributed by atoms with E-state index in [-0.39, 0.29) is 30.3 Å². The highest BCUT2D eigenvalue weighted by Crippen LogP contribution is 2.33. The number of hydrogen-bond donors (Lipinski definition) is 2. The predicted octanol–water partition coefficient (Wildman–Crippen LogP) is 4.02. The Balaban J connectivity index is 0.00000280. The molecule has 5 nitrogen and oxygen atoms in total. The number of anilines is 1. The van der Waals surface area contributed by atoms with Crippen LogP contribution in [0.25, 0.3) is 0 Å². The van der Waals surface area contributed by atoms with Crippen LogP contribution in [0.3, 0.4) is 0 Å². The van der Waals surface area contributed by atoms with Crippen molar-refractivity contribution < 1.29 is 9.59 Å². The zero-order valence-electron chi connectivity index (χ0n) is 16.2. The van der Waals surface area contributed by atoms with Crippen LogP contribution in [0.15, 0.2) is 54.6 Å². The van der Waals surface area contributed by atoms with Gasteiger partial charge in [-0.3, -0.25) is 9.59 Å². The third-order valence-corrected chi connectivity index (χ3v) is 4.94. The van der Waals surface area contributed by atoms with Crippen molar-refractivity contribution in [1.29, 1.82) is 0 Å². The highest BCUT2D eigenvalue weighted by Gasteiger charge is 2.30. The standard InChI is InChI=1S/C22H27N3O2.ClH/c1-23-15-5-10-21(26)24-19-13-11-18(12-14-19)22(27)25-16-6-9-20(25)17-7-3-2-4-8-17;/h2-4,7-8,11-14,20,23H,5-6,9-10,15-16H2,1H3,(H,24,26);1H. The first-order chi connectivity index (χ1) is 13.2. The van der Waals surface area contributed by atoms with Gasteiger partial charge in [0.2, 0.25) is 5.91 Å². The first kappa shape index (κ1) is 21.9. The highest BCUT2D eigenvalue weighted by atomic mass is 35.5. The van der Waals surface area contributed by atoms with Crippen molar-refractivity contribution in [3.8, 4) is 0 Å². The summed E-state index contributed by atoms with van der Waals surface area (Å²) in [5.74, 6) is 0.0428. The Morgan fingerprint density at radius 2 is 1.79 bits per heavy atom. The lowest BCUT2D eigenvalue weighted by Gasteiger charge is -2.25. The summed E-state index contributed by atoms with van der Waals surface area (Å²) in [6.45, 7) is 1.60. The van der Waals surface area contributed by atoms with Gasteiger partial charge in [0, 0.05) is 24.2 Å². The second-order valence-corrected chi connectivity index (χ2v) is 6.90. The molecule has 1 saturated heterocycles. The maximum Gasteiger partial charge on any atom is 0.254 e. The molecule has 2 N–H and O–H groups in total. The van der Waals surface area contributed by atoms with Crippen LogP contribution in [0.2, 0.25) is 0 Å². The number of carbonyl (C=O) groups excluding carboxylic acids is 2. The average Bonchev–Trinajstić information content (AvgIpc) is 3.19. The molecule has 0 aliphatic carbocycles. The van der Waals surface area contributed by atoms with Crippen molar-refractivity contribution in [1.82, 2.24) is 10.2 Å². The molecule has 0 saturated carbocycles. The topological polar surface area (TPSA) is 61.4 Å². The molecule has 0 bridgehead atoms. The number of hydrogen-bond acceptors (Lipinski definition) is 3. The van der Waals surface area contributed by atoms with Crippen molar-refractivity contribution in [2.24, 2.45) is 0 Å². The van der Waals surface area contributed by atoms with E-state index in [1.807, 2.05) is 30.1 Å². The molecule has 0 aromatic heterocycles. The van der Waals surface area contributed by atoms with E-state index < -0.39 is 0 Å². The fourth-order valence-electron chi connectivity index (χ4n) is 3.54. The van der Waals surface area contributed by atoms with E-state index in [1.165, 1.54) is 5.56 Å². The molecule has 6 heteroatoms. The lowest BCUT2D eigenvalue weighted by molar-refractivity contribution is -0.116. The van der Waals surface area contributed by atoms with Crippen molar-refractivity contribution in [3.63, 3.8) is 0 Å². The van der Waals surface area contributed by atoms with Crippen LogP contribution < -0.4 is 10.6 Å². The van der Waals surface area contributed by atoms with E-state index in [2.05, 4.69) is 22.8 Å². The lowest BCUT2D eigenvalue weighted by atomic mass is 10.0. The second-order valence-electron chi connectivity index (χ2n) is 6.90. The fraction of sp³-hybridized carbons (Fsp3) is 0.364. The minimum Gasteiger partial charge on any atom is -0.332 e. The van der Waals surface area contributed by atoms with Gasteiger partial charge in [0.1, 0.15) is 0 Å². The molecule has 0 spiro atoms. The molecule has 1 atom stereocenters. The quantitative estimate of drug-likeness (QED) is 0.689. The Morgan fingerprint density at radius 3 is 2.46 bits per heavy atom. The molecule has 1 heterocycles. The SMILES string of the molecule is CNCCCC(=O)Nc1ccc(C(=O)N2CCCC2c2ccccc2)cc1.Cl. The van der Waals surface area contributed by atoms with E-state index in [9.17, 15) is 9.59 Å². The number of benzene rings is 2. The van der Waals surface area contributed by atoms with Gasteiger partial charge < -0.3 is 15.5 Å². The van der Waals surface area contributed by atoms with Gasteiger partial charge in [-0.1, -0.05) is 30.3 Å². The van der Waals surface area contributed by atoms with Gasteiger partial charge in [0.15, 0.2) is 0 Å². The summed E-state index contributed by atoms with van der Waals surface area (Å²) in [6.07, 6.45) is 3.30. The molecule has 1 fully saturated rings. The lowest BCUT2D eigenvalue weighted by Crippen LogP contribution is -2.30. The van der Waals surface area contributed by atoms with E-state index in [0.717, 1.165) is 38.0 Å². The summed E-state index contributed by atoms with van der Waals surface area (Å²) >= 11 is 0. The predicted molar refractivity (Wildman–Crippen MR) is 115 cm³/mol. The monoisotopic (exact) mass is 401 g/mol. The molecule has 3 rings (SSSR count). The molecule has 2 amide bonds. The summed E-state index contributed by atoms with van der Waals surface area (Å²) < 4.78 is 0. The third-order valence-electron chi connectivity index (χ3n) is 4.94. The number of halogens is 1. The molecular formula is C22H28ClN3O2. The van der Waals surface area contributed by atoms with Crippen LogP contribution in [0.4, 0.5) is 5.69 Å². The Hall–Kier alpha value is -2.37. The smallest absolute Gasteiger partial charge is 0.254 e. The summed E-state index contributed by atoms with van der Waals surface area (Å²) in [6, 6.07) is 17.5. The van der Waals surface area contributed by atoms with E-state index in [0.29, 0.717) is 12.0 Å². The molecule has 1 aliphatic rings.